The van der Waals surface area contributed by atoms with Gasteiger partial charge >= 0.3 is 5.97 Å². The zero-order chi connectivity index (χ0) is 13.4. The quantitative estimate of drug-likeness (QED) is 0.754. The first kappa shape index (κ1) is 11.3. The third-order valence-electron chi connectivity index (χ3n) is 2.77. The molecule has 3 aromatic rings. The van der Waals surface area contributed by atoms with Gasteiger partial charge in [0.25, 0.3) is 0 Å². The van der Waals surface area contributed by atoms with E-state index in [0.29, 0.717) is 11.3 Å². The van der Waals surface area contributed by atoms with Crippen LogP contribution in [0.25, 0.3) is 16.9 Å². The molecule has 0 amide bonds. The minimum atomic E-state index is -1.07. The fourth-order valence-corrected chi connectivity index (χ4v) is 1.91. The maximum Gasteiger partial charge on any atom is 0.356 e. The number of hydrogen-bond acceptors (Lipinski definition) is 4. The molecule has 3 heterocycles. The van der Waals surface area contributed by atoms with E-state index < -0.39 is 5.97 Å². The number of aromatic carboxylic acids is 1. The number of carboxylic acid groups (broad SMARTS) is 1. The van der Waals surface area contributed by atoms with E-state index in [1.807, 2.05) is 6.92 Å². The van der Waals surface area contributed by atoms with Crippen LogP contribution in [0.1, 0.15) is 16.2 Å². The summed E-state index contributed by atoms with van der Waals surface area (Å²) in [6, 6.07) is 7.01. The Morgan fingerprint density at radius 3 is 2.63 bits per heavy atom. The van der Waals surface area contributed by atoms with E-state index in [1.54, 1.807) is 41.2 Å². The number of aromatic nitrogens is 4. The van der Waals surface area contributed by atoms with Gasteiger partial charge in [-0.2, -0.15) is 5.10 Å². The first-order valence-electron chi connectivity index (χ1n) is 5.67. The van der Waals surface area contributed by atoms with Gasteiger partial charge in [0.05, 0.1) is 5.69 Å². The largest absolute Gasteiger partial charge is 0.476 e. The zero-order valence-electron chi connectivity index (χ0n) is 10.1. The van der Waals surface area contributed by atoms with Crippen molar-refractivity contribution in [3.63, 3.8) is 0 Å². The second-order valence-electron chi connectivity index (χ2n) is 4.10. The molecule has 0 fully saturated rings. The molecule has 94 valence electrons. The standard InChI is InChI=1S/C13H10N4O2/c1-8-2-3-10-11(13(18)19)15-12(17(10)16-8)9-4-6-14-7-5-9/h2-7H,1H3,(H,18,19). The first-order valence-corrected chi connectivity index (χ1v) is 5.67. The van der Waals surface area contributed by atoms with E-state index >= 15 is 0 Å². The van der Waals surface area contributed by atoms with Gasteiger partial charge in [0.2, 0.25) is 0 Å². The molecule has 0 atom stereocenters. The number of aryl methyl sites for hydroxylation is 1. The highest BCUT2D eigenvalue weighted by molar-refractivity contribution is 5.94. The Hall–Kier alpha value is -2.76. The van der Waals surface area contributed by atoms with Crippen molar-refractivity contribution in [1.29, 1.82) is 0 Å². The van der Waals surface area contributed by atoms with Gasteiger partial charge in [0, 0.05) is 18.0 Å². The van der Waals surface area contributed by atoms with Gasteiger partial charge in [-0.05, 0) is 31.2 Å². The summed E-state index contributed by atoms with van der Waals surface area (Å²) in [6.07, 6.45) is 3.26. The van der Waals surface area contributed by atoms with Gasteiger partial charge < -0.3 is 5.11 Å². The lowest BCUT2D eigenvalue weighted by molar-refractivity contribution is 0.0693. The number of nitrogens with zero attached hydrogens (tertiary/aromatic N) is 4. The molecule has 0 bridgehead atoms. The van der Waals surface area contributed by atoms with Crippen LogP contribution in [0, 0.1) is 6.92 Å². The maximum absolute atomic E-state index is 11.2. The highest BCUT2D eigenvalue weighted by Crippen LogP contribution is 2.21. The highest BCUT2D eigenvalue weighted by Gasteiger charge is 2.18. The summed E-state index contributed by atoms with van der Waals surface area (Å²) >= 11 is 0. The minimum Gasteiger partial charge on any atom is -0.476 e. The summed E-state index contributed by atoms with van der Waals surface area (Å²) in [4.78, 5) is 19.3. The van der Waals surface area contributed by atoms with Gasteiger partial charge in [0.1, 0.15) is 5.52 Å². The van der Waals surface area contributed by atoms with Crippen molar-refractivity contribution in [3.05, 3.63) is 48.0 Å². The van der Waals surface area contributed by atoms with Crippen molar-refractivity contribution < 1.29 is 9.90 Å². The SMILES string of the molecule is Cc1ccc2c(C(=O)O)nc(-c3ccncc3)n2n1. The Morgan fingerprint density at radius 2 is 1.95 bits per heavy atom. The van der Waals surface area contributed by atoms with Crippen LogP contribution in [-0.2, 0) is 0 Å². The average Bonchev–Trinajstić information content (AvgIpc) is 2.78. The van der Waals surface area contributed by atoms with Gasteiger partial charge in [-0.1, -0.05) is 0 Å². The molecule has 0 aliphatic heterocycles. The van der Waals surface area contributed by atoms with Crippen molar-refractivity contribution in [2.75, 3.05) is 0 Å². The van der Waals surface area contributed by atoms with Crippen molar-refractivity contribution in [1.82, 2.24) is 19.6 Å². The minimum absolute atomic E-state index is 0.000637. The smallest absolute Gasteiger partial charge is 0.356 e. The Balaban J connectivity index is 2.36. The maximum atomic E-state index is 11.2. The molecule has 0 spiro atoms. The summed E-state index contributed by atoms with van der Waals surface area (Å²) in [5, 5.41) is 13.5. The molecule has 1 N–H and O–H groups in total. The summed E-state index contributed by atoms with van der Waals surface area (Å²) in [5.41, 5.74) is 2.04. The number of carboxylic acids is 1. The third-order valence-corrected chi connectivity index (χ3v) is 2.77. The number of rotatable bonds is 2. The van der Waals surface area contributed by atoms with E-state index in [1.165, 1.54) is 0 Å². The van der Waals surface area contributed by atoms with Gasteiger partial charge in [-0.15, -0.1) is 0 Å². The number of carbonyl (C=O) groups is 1. The summed E-state index contributed by atoms with van der Waals surface area (Å²) in [7, 11) is 0. The second kappa shape index (κ2) is 4.16. The van der Waals surface area contributed by atoms with E-state index in [0.717, 1.165) is 11.3 Å². The van der Waals surface area contributed by atoms with Crippen LogP contribution < -0.4 is 0 Å². The topological polar surface area (TPSA) is 80.4 Å². The first-order chi connectivity index (χ1) is 9.16. The number of fused-ring (bicyclic) bond motifs is 1. The molecule has 3 aromatic heterocycles. The van der Waals surface area contributed by atoms with Crippen LogP contribution in [0.15, 0.2) is 36.7 Å². The molecule has 0 saturated heterocycles. The molecule has 3 rings (SSSR count). The Kier molecular flexibility index (Phi) is 2.49. The Labute approximate surface area is 108 Å². The van der Waals surface area contributed by atoms with Crippen molar-refractivity contribution >= 4 is 11.5 Å². The van der Waals surface area contributed by atoms with Gasteiger partial charge in [-0.25, -0.2) is 14.3 Å². The molecule has 0 radical (unpaired) electrons. The summed E-state index contributed by atoms with van der Waals surface area (Å²) in [6.45, 7) is 1.84. The zero-order valence-corrected chi connectivity index (χ0v) is 10.1. The lowest BCUT2D eigenvalue weighted by Gasteiger charge is -2.00. The van der Waals surface area contributed by atoms with Crippen LogP contribution in [-0.4, -0.2) is 30.7 Å². The molecule has 6 heteroatoms. The third kappa shape index (κ3) is 1.83. The number of imidazole rings is 1. The lowest BCUT2D eigenvalue weighted by Crippen LogP contribution is -1.99. The van der Waals surface area contributed by atoms with Crippen molar-refractivity contribution in [3.8, 4) is 11.4 Å². The molecule has 6 nitrogen and oxygen atoms in total. The Bertz CT molecular complexity index is 765. The predicted molar refractivity (Wildman–Crippen MR) is 67.9 cm³/mol. The molecule has 0 aliphatic rings. The molecule has 19 heavy (non-hydrogen) atoms. The van der Waals surface area contributed by atoms with Gasteiger partial charge in [0.15, 0.2) is 11.5 Å². The highest BCUT2D eigenvalue weighted by atomic mass is 16.4. The lowest BCUT2D eigenvalue weighted by atomic mass is 10.2. The summed E-state index contributed by atoms with van der Waals surface area (Å²) in [5.74, 6) is -0.568. The van der Waals surface area contributed by atoms with Crippen molar-refractivity contribution in [2.24, 2.45) is 0 Å². The Morgan fingerprint density at radius 1 is 1.21 bits per heavy atom. The monoisotopic (exact) mass is 254 g/mol. The van der Waals surface area contributed by atoms with Crippen LogP contribution >= 0.6 is 0 Å². The summed E-state index contributed by atoms with van der Waals surface area (Å²) < 4.78 is 1.55. The van der Waals surface area contributed by atoms with Gasteiger partial charge in [-0.3, -0.25) is 4.98 Å². The molecule has 0 saturated carbocycles. The molecular formula is C13H10N4O2. The number of pyridine rings is 1. The number of hydrogen-bond donors (Lipinski definition) is 1. The molecule has 0 aliphatic carbocycles. The van der Waals surface area contributed by atoms with E-state index in [2.05, 4.69) is 15.1 Å². The van der Waals surface area contributed by atoms with Crippen LogP contribution in [0.3, 0.4) is 0 Å². The van der Waals surface area contributed by atoms with E-state index in [9.17, 15) is 9.90 Å². The molecular weight excluding hydrogens is 244 g/mol. The average molecular weight is 254 g/mol. The molecule has 0 aromatic carbocycles. The van der Waals surface area contributed by atoms with E-state index in [-0.39, 0.29) is 5.69 Å². The van der Waals surface area contributed by atoms with Crippen LogP contribution in [0.4, 0.5) is 0 Å². The van der Waals surface area contributed by atoms with Crippen molar-refractivity contribution in [2.45, 2.75) is 6.92 Å². The van der Waals surface area contributed by atoms with E-state index in [4.69, 9.17) is 0 Å². The van der Waals surface area contributed by atoms with Crippen LogP contribution in [0.2, 0.25) is 0 Å². The second-order valence-corrected chi connectivity index (χ2v) is 4.10. The van der Waals surface area contributed by atoms with Crippen LogP contribution in [0.5, 0.6) is 0 Å². The fourth-order valence-electron chi connectivity index (χ4n) is 1.91. The predicted octanol–water partition coefficient (Wildman–Crippen LogP) is 1.80. The normalized spacial score (nSPS) is 10.8. The fraction of sp³-hybridized carbons (Fsp3) is 0.0769. The molecule has 0 unspecified atom stereocenters.